The van der Waals surface area contributed by atoms with Gasteiger partial charge in [0.15, 0.2) is 5.79 Å². The number of halogens is 1. The van der Waals surface area contributed by atoms with Crippen molar-refractivity contribution in [3.05, 3.63) is 69.7 Å². The van der Waals surface area contributed by atoms with Crippen LogP contribution in [0.2, 0.25) is 5.02 Å². The van der Waals surface area contributed by atoms with E-state index >= 15 is 0 Å². The fourth-order valence-electron chi connectivity index (χ4n) is 4.82. The standard InChI is InChI=1S/C27H32ClNO7/c1-4-24(29-32-3)19-8-6-18(7-9-19)12-20-13-21(10-11-23(20)28)27-15-22(30)14-26(36-27,17-35-27)16-34-25(31)33-5-2/h6-11,13,22,30H,4-5,12,14-17H2,1-3H3. The first-order chi connectivity index (χ1) is 17.3. The van der Waals surface area contributed by atoms with Gasteiger partial charge in [-0.25, -0.2) is 4.79 Å². The van der Waals surface area contributed by atoms with E-state index in [1.54, 1.807) is 14.0 Å². The van der Waals surface area contributed by atoms with Crippen LogP contribution < -0.4 is 0 Å². The van der Waals surface area contributed by atoms with Crippen LogP contribution in [0.5, 0.6) is 0 Å². The molecular weight excluding hydrogens is 486 g/mol. The van der Waals surface area contributed by atoms with Gasteiger partial charge >= 0.3 is 6.16 Å². The first kappa shape index (κ1) is 26.4. The summed E-state index contributed by atoms with van der Waals surface area (Å²) in [5.74, 6) is -1.15. The van der Waals surface area contributed by atoms with Crippen molar-refractivity contribution in [2.45, 2.75) is 57.0 Å². The summed E-state index contributed by atoms with van der Waals surface area (Å²) in [4.78, 5) is 16.7. The Bertz CT molecular complexity index is 1110. The Morgan fingerprint density at radius 1 is 1.17 bits per heavy atom. The Kier molecular flexibility index (Phi) is 8.20. The molecule has 0 radical (unpaired) electrons. The van der Waals surface area contributed by atoms with Crippen molar-refractivity contribution in [2.75, 3.05) is 26.9 Å². The summed E-state index contributed by atoms with van der Waals surface area (Å²) in [6.07, 6.45) is 0.482. The molecule has 0 aliphatic carbocycles. The van der Waals surface area contributed by atoms with Gasteiger partial charge in [-0.05, 0) is 48.6 Å². The first-order valence-electron chi connectivity index (χ1n) is 12.1. The van der Waals surface area contributed by atoms with Crippen LogP contribution in [0.25, 0.3) is 0 Å². The summed E-state index contributed by atoms with van der Waals surface area (Å²) < 4.78 is 22.6. The summed E-state index contributed by atoms with van der Waals surface area (Å²) in [5, 5.41) is 15.4. The molecule has 8 nitrogen and oxygen atoms in total. The van der Waals surface area contributed by atoms with Gasteiger partial charge in [-0.1, -0.05) is 54.0 Å². The number of ether oxygens (including phenoxy) is 4. The number of fused-ring (bicyclic) bond motifs is 2. The summed E-state index contributed by atoms with van der Waals surface area (Å²) in [5.41, 5.74) is 3.69. The number of hydrogen-bond acceptors (Lipinski definition) is 8. The molecule has 36 heavy (non-hydrogen) atoms. The van der Waals surface area contributed by atoms with Crippen LogP contribution in [0.3, 0.4) is 0 Å². The smallest absolute Gasteiger partial charge is 0.435 e. The average molecular weight is 518 g/mol. The van der Waals surface area contributed by atoms with Crippen LogP contribution in [0.1, 0.15) is 55.4 Å². The van der Waals surface area contributed by atoms with Crippen LogP contribution in [0, 0.1) is 0 Å². The van der Waals surface area contributed by atoms with Gasteiger partial charge in [0.2, 0.25) is 0 Å². The Hall–Kier alpha value is -2.65. The number of carbonyl (C=O) groups excluding carboxylic acids is 1. The van der Waals surface area contributed by atoms with Gasteiger partial charge in [-0.15, -0.1) is 0 Å². The Balaban J connectivity index is 1.54. The van der Waals surface area contributed by atoms with Crippen LogP contribution in [-0.2, 0) is 36.0 Å². The lowest BCUT2D eigenvalue weighted by molar-refractivity contribution is -0.249. The normalized spacial score (nSPS) is 25.5. The van der Waals surface area contributed by atoms with Gasteiger partial charge in [0, 0.05) is 23.4 Å². The molecule has 2 heterocycles. The highest BCUT2D eigenvalue weighted by atomic mass is 35.5. The zero-order valence-electron chi connectivity index (χ0n) is 20.8. The zero-order valence-corrected chi connectivity index (χ0v) is 21.5. The lowest BCUT2D eigenvalue weighted by Gasteiger charge is -2.40. The lowest BCUT2D eigenvalue weighted by atomic mass is 9.88. The van der Waals surface area contributed by atoms with Gasteiger partial charge < -0.3 is 28.9 Å². The third kappa shape index (κ3) is 5.67. The molecule has 4 rings (SSSR count). The molecule has 2 aliphatic heterocycles. The minimum absolute atomic E-state index is 0.0659. The molecule has 9 heteroatoms. The molecule has 0 saturated carbocycles. The maximum atomic E-state index is 11.7. The quantitative estimate of drug-likeness (QED) is 0.285. The Labute approximate surface area is 216 Å². The predicted octanol–water partition coefficient (Wildman–Crippen LogP) is 4.96. The minimum atomic E-state index is -1.15. The second-order valence-electron chi connectivity index (χ2n) is 9.11. The fraction of sp³-hybridized carbons (Fsp3) is 0.481. The molecule has 2 aliphatic rings. The number of carbonyl (C=O) groups is 1. The molecule has 2 fully saturated rings. The van der Waals surface area contributed by atoms with Gasteiger partial charge in [0.25, 0.3) is 0 Å². The second-order valence-corrected chi connectivity index (χ2v) is 9.52. The maximum absolute atomic E-state index is 11.7. The van der Waals surface area contributed by atoms with Crippen molar-refractivity contribution < 1.29 is 33.7 Å². The van der Waals surface area contributed by atoms with E-state index < -0.39 is 23.6 Å². The van der Waals surface area contributed by atoms with Crippen LogP contribution >= 0.6 is 11.6 Å². The van der Waals surface area contributed by atoms with E-state index in [1.165, 1.54) is 0 Å². The number of nitrogens with zero attached hydrogens (tertiary/aromatic N) is 1. The van der Waals surface area contributed by atoms with Gasteiger partial charge in [0.05, 0.1) is 25.0 Å². The number of aliphatic hydroxyl groups is 1. The van der Waals surface area contributed by atoms with E-state index in [4.69, 9.17) is 35.4 Å². The van der Waals surface area contributed by atoms with Crippen LogP contribution in [0.15, 0.2) is 47.6 Å². The molecule has 2 aromatic rings. The van der Waals surface area contributed by atoms with Crippen molar-refractivity contribution in [2.24, 2.45) is 5.16 Å². The summed E-state index contributed by atoms with van der Waals surface area (Å²) in [6, 6.07) is 13.8. The minimum Gasteiger partial charge on any atom is -0.435 e. The second kappa shape index (κ2) is 11.2. The predicted molar refractivity (Wildman–Crippen MR) is 134 cm³/mol. The number of hydrogen-bond donors (Lipinski definition) is 1. The lowest BCUT2D eigenvalue weighted by Crippen LogP contribution is -2.48. The molecular formula is C27H32ClNO7. The molecule has 2 bridgehead atoms. The summed E-state index contributed by atoms with van der Waals surface area (Å²) in [7, 11) is 1.54. The Morgan fingerprint density at radius 3 is 2.64 bits per heavy atom. The first-order valence-corrected chi connectivity index (χ1v) is 12.5. The zero-order chi connectivity index (χ0) is 25.8. The van der Waals surface area contributed by atoms with Crippen LogP contribution in [-0.4, -0.2) is 55.6 Å². The molecule has 0 amide bonds. The molecule has 2 saturated heterocycles. The monoisotopic (exact) mass is 517 g/mol. The van der Waals surface area contributed by atoms with Crippen molar-refractivity contribution in [1.29, 1.82) is 0 Å². The van der Waals surface area contributed by atoms with Crippen LogP contribution in [0.4, 0.5) is 4.79 Å². The molecule has 194 valence electrons. The molecule has 1 N–H and O–H groups in total. The van der Waals surface area contributed by atoms with Crippen molar-refractivity contribution in [3.8, 4) is 0 Å². The maximum Gasteiger partial charge on any atom is 0.508 e. The third-order valence-electron chi connectivity index (χ3n) is 6.48. The van der Waals surface area contributed by atoms with Gasteiger partial charge in [-0.3, -0.25) is 0 Å². The topological polar surface area (TPSA) is 95.8 Å². The largest absolute Gasteiger partial charge is 0.508 e. The molecule has 3 unspecified atom stereocenters. The Morgan fingerprint density at radius 2 is 1.94 bits per heavy atom. The SMILES string of the molecule is CCOC(=O)OCC12COC(c3ccc(Cl)c(Cc4ccc(C(CC)=NOC)cc4)c3)(CC(O)C1)O2. The fourth-order valence-corrected chi connectivity index (χ4v) is 5.01. The molecule has 0 aromatic heterocycles. The van der Waals surface area contributed by atoms with E-state index in [0.717, 1.165) is 34.4 Å². The highest BCUT2D eigenvalue weighted by Crippen LogP contribution is 2.50. The van der Waals surface area contributed by atoms with Crippen molar-refractivity contribution in [3.63, 3.8) is 0 Å². The number of aliphatic hydroxyl groups excluding tert-OH is 1. The molecule has 0 spiro atoms. The number of oxime groups is 1. The van der Waals surface area contributed by atoms with E-state index in [2.05, 4.69) is 5.16 Å². The van der Waals surface area contributed by atoms with E-state index in [1.807, 2.05) is 49.4 Å². The number of rotatable bonds is 9. The number of benzene rings is 2. The third-order valence-corrected chi connectivity index (χ3v) is 6.85. The van der Waals surface area contributed by atoms with Gasteiger partial charge in [0.1, 0.15) is 19.3 Å². The van der Waals surface area contributed by atoms with E-state index in [-0.39, 0.29) is 26.2 Å². The molecule has 2 aromatic carbocycles. The summed E-state index contributed by atoms with van der Waals surface area (Å²) in [6.45, 7) is 4.07. The highest BCUT2D eigenvalue weighted by molar-refractivity contribution is 6.31. The van der Waals surface area contributed by atoms with Crippen molar-refractivity contribution >= 4 is 23.5 Å². The van der Waals surface area contributed by atoms with Crippen molar-refractivity contribution in [1.82, 2.24) is 0 Å². The average Bonchev–Trinajstić information content (AvgIpc) is 3.15. The van der Waals surface area contributed by atoms with E-state index in [9.17, 15) is 9.90 Å². The molecule has 3 atom stereocenters. The summed E-state index contributed by atoms with van der Waals surface area (Å²) >= 11 is 6.56. The van der Waals surface area contributed by atoms with Gasteiger partial charge in [-0.2, -0.15) is 0 Å². The highest BCUT2D eigenvalue weighted by Gasteiger charge is 2.58. The van der Waals surface area contributed by atoms with E-state index in [0.29, 0.717) is 17.9 Å².